The summed E-state index contributed by atoms with van der Waals surface area (Å²) in [7, 11) is 0. The van der Waals surface area contributed by atoms with Crippen LogP contribution in [0.2, 0.25) is 0 Å². The Hall–Kier alpha value is -2.89. The number of nitrogens with zero attached hydrogens (tertiary/aromatic N) is 2. The monoisotopic (exact) mass is 365 g/mol. The van der Waals surface area contributed by atoms with Crippen LogP contribution in [0.5, 0.6) is 5.75 Å². The number of hydrogen-bond acceptors (Lipinski definition) is 4. The number of carbonyl (C=O) groups is 2. The van der Waals surface area contributed by atoms with E-state index in [1.54, 1.807) is 11.0 Å². The number of likely N-dealkylation sites (tertiary alicyclic amines) is 1. The molecule has 6 nitrogen and oxygen atoms in total. The number of aromatic nitrogens is 1. The van der Waals surface area contributed by atoms with Crippen molar-refractivity contribution >= 4 is 17.6 Å². The molecule has 1 N–H and O–H groups in total. The molecule has 0 bridgehead atoms. The highest BCUT2D eigenvalue weighted by molar-refractivity contribution is 5.96. The van der Waals surface area contributed by atoms with Crippen molar-refractivity contribution in [1.82, 2.24) is 9.88 Å². The summed E-state index contributed by atoms with van der Waals surface area (Å²) in [6.45, 7) is 3.67. The van der Waals surface area contributed by atoms with Gasteiger partial charge in [0.25, 0.3) is 5.91 Å². The average Bonchev–Trinajstić information content (AvgIpc) is 3.15. The molecular weight excluding hydrogens is 342 g/mol. The maximum Gasteiger partial charge on any atom is 0.253 e. The summed E-state index contributed by atoms with van der Waals surface area (Å²) >= 11 is 0. The van der Waals surface area contributed by atoms with E-state index in [0.29, 0.717) is 31.1 Å². The van der Waals surface area contributed by atoms with Gasteiger partial charge in [-0.25, -0.2) is 4.98 Å². The van der Waals surface area contributed by atoms with Gasteiger partial charge in [0.05, 0.1) is 12.5 Å². The summed E-state index contributed by atoms with van der Waals surface area (Å²) in [6.07, 6.45) is 2.43. The van der Waals surface area contributed by atoms with Gasteiger partial charge in [0.2, 0.25) is 5.91 Å². The van der Waals surface area contributed by atoms with E-state index in [1.165, 1.54) is 0 Å². The van der Waals surface area contributed by atoms with Crippen LogP contribution >= 0.6 is 0 Å². The first-order valence-corrected chi connectivity index (χ1v) is 9.40. The van der Waals surface area contributed by atoms with Crippen LogP contribution in [0.25, 0.3) is 0 Å². The minimum Gasteiger partial charge on any atom is -0.493 e. The minimum atomic E-state index is -0.220. The molecule has 0 saturated carbocycles. The Bertz CT molecular complexity index is 881. The third-order valence-electron chi connectivity index (χ3n) is 5.16. The standard InChI is InChI=1S/C21H23N3O3/c1-14-4-2-6-19(22-14)23-20(25)17-5-3-10-24(13-17)21(26)16-7-8-18-15(12-16)9-11-27-18/h2,4,6-8,12,17H,3,5,9-11,13H2,1H3,(H,22,23,25). The Labute approximate surface area is 158 Å². The lowest BCUT2D eigenvalue weighted by atomic mass is 9.96. The normalized spacial score (nSPS) is 18.6. The van der Waals surface area contributed by atoms with E-state index in [2.05, 4.69) is 10.3 Å². The number of piperidine rings is 1. The molecule has 0 spiro atoms. The van der Waals surface area contributed by atoms with Gasteiger partial charge in [0.1, 0.15) is 11.6 Å². The molecule has 2 aromatic rings. The first kappa shape index (κ1) is 17.5. The zero-order chi connectivity index (χ0) is 18.8. The molecule has 1 atom stereocenters. The maximum atomic E-state index is 12.9. The van der Waals surface area contributed by atoms with Gasteiger partial charge in [0.15, 0.2) is 0 Å². The largest absolute Gasteiger partial charge is 0.493 e. The van der Waals surface area contributed by atoms with Crippen LogP contribution in [0.3, 0.4) is 0 Å². The van der Waals surface area contributed by atoms with Crippen molar-refractivity contribution < 1.29 is 14.3 Å². The number of aryl methyl sites for hydroxylation is 1. The molecule has 1 unspecified atom stereocenters. The number of benzene rings is 1. The van der Waals surface area contributed by atoms with E-state index in [0.717, 1.165) is 36.3 Å². The number of pyridine rings is 1. The average molecular weight is 365 g/mol. The molecule has 2 amide bonds. The number of ether oxygens (including phenoxy) is 1. The van der Waals surface area contributed by atoms with Crippen molar-refractivity contribution in [2.45, 2.75) is 26.2 Å². The lowest BCUT2D eigenvalue weighted by molar-refractivity contribution is -0.121. The zero-order valence-electron chi connectivity index (χ0n) is 15.4. The summed E-state index contributed by atoms with van der Waals surface area (Å²) in [5, 5.41) is 2.88. The van der Waals surface area contributed by atoms with Crippen molar-refractivity contribution in [2.75, 3.05) is 25.0 Å². The van der Waals surface area contributed by atoms with Gasteiger partial charge in [-0.1, -0.05) is 6.07 Å². The molecule has 140 valence electrons. The molecule has 2 aliphatic heterocycles. The van der Waals surface area contributed by atoms with Gasteiger partial charge in [-0.05, 0) is 55.7 Å². The number of anilines is 1. The van der Waals surface area contributed by atoms with Crippen LogP contribution in [0.1, 0.15) is 34.5 Å². The van der Waals surface area contributed by atoms with Gasteiger partial charge in [-0.15, -0.1) is 0 Å². The van der Waals surface area contributed by atoms with E-state index < -0.39 is 0 Å². The van der Waals surface area contributed by atoms with Crippen LogP contribution in [0, 0.1) is 12.8 Å². The number of nitrogens with one attached hydrogen (secondary N) is 1. The van der Waals surface area contributed by atoms with Crippen molar-refractivity contribution in [2.24, 2.45) is 5.92 Å². The molecule has 6 heteroatoms. The Balaban J connectivity index is 1.43. The second-order valence-corrected chi connectivity index (χ2v) is 7.16. The molecule has 27 heavy (non-hydrogen) atoms. The number of fused-ring (bicyclic) bond motifs is 1. The van der Waals surface area contributed by atoms with Crippen LogP contribution in [0.4, 0.5) is 5.82 Å². The summed E-state index contributed by atoms with van der Waals surface area (Å²) < 4.78 is 5.51. The molecule has 4 rings (SSSR count). The van der Waals surface area contributed by atoms with Crippen molar-refractivity contribution in [3.05, 3.63) is 53.2 Å². The molecule has 2 aliphatic rings. The summed E-state index contributed by atoms with van der Waals surface area (Å²) in [5.41, 5.74) is 2.60. The number of hydrogen-bond donors (Lipinski definition) is 1. The summed E-state index contributed by atoms with van der Waals surface area (Å²) in [6, 6.07) is 11.1. The minimum absolute atomic E-state index is 0.0177. The van der Waals surface area contributed by atoms with Crippen LogP contribution < -0.4 is 10.1 Å². The highest BCUT2D eigenvalue weighted by atomic mass is 16.5. The summed E-state index contributed by atoms with van der Waals surface area (Å²) in [4.78, 5) is 31.6. The third-order valence-corrected chi connectivity index (χ3v) is 5.16. The molecule has 0 aliphatic carbocycles. The first-order chi connectivity index (χ1) is 13.1. The first-order valence-electron chi connectivity index (χ1n) is 9.40. The molecule has 0 radical (unpaired) electrons. The third kappa shape index (κ3) is 3.79. The molecule has 1 aromatic heterocycles. The Morgan fingerprint density at radius 3 is 3.00 bits per heavy atom. The summed E-state index contributed by atoms with van der Waals surface area (Å²) in [5.74, 6) is 1.11. The SMILES string of the molecule is Cc1cccc(NC(=O)C2CCCN(C(=O)c3ccc4c(c3)CCO4)C2)n1. The Morgan fingerprint density at radius 2 is 2.15 bits per heavy atom. The van der Waals surface area contributed by atoms with E-state index in [4.69, 9.17) is 4.74 Å². The van der Waals surface area contributed by atoms with Crippen LogP contribution in [0.15, 0.2) is 36.4 Å². The van der Waals surface area contributed by atoms with Gasteiger partial charge in [0, 0.05) is 30.8 Å². The highest BCUT2D eigenvalue weighted by Crippen LogP contribution is 2.27. The van der Waals surface area contributed by atoms with Crippen LogP contribution in [-0.4, -0.2) is 41.4 Å². The lowest BCUT2D eigenvalue weighted by Gasteiger charge is -2.32. The van der Waals surface area contributed by atoms with Crippen LogP contribution in [-0.2, 0) is 11.2 Å². The fourth-order valence-electron chi connectivity index (χ4n) is 3.72. The smallest absolute Gasteiger partial charge is 0.253 e. The highest BCUT2D eigenvalue weighted by Gasteiger charge is 2.29. The van der Waals surface area contributed by atoms with Gasteiger partial charge in [-0.3, -0.25) is 9.59 Å². The maximum absolute atomic E-state index is 12.9. The lowest BCUT2D eigenvalue weighted by Crippen LogP contribution is -2.43. The Morgan fingerprint density at radius 1 is 1.26 bits per heavy atom. The number of rotatable bonds is 3. The van der Waals surface area contributed by atoms with E-state index >= 15 is 0 Å². The number of amides is 2. The van der Waals surface area contributed by atoms with Gasteiger partial charge < -0.3 is 15.0 Å². The fraction of sp³-hybridized carbons (Fsp3) is 0.381. The van der Waals surface area contributed by atoms with Gasteiger partial charge in [-0.2, -0.15) is 0 Å². The molecule has 3 heterocycles. The van der Waals surface area contributed by atoms with E-state index in [-0.39, 0.29) is 17.7 Å². The topological polar surface area (TPSA) is 71.5 Å². The van der Waals surface area contributed by atoms with E-state index in [9.17, 15) is 9.59 Å². The van der Waals surface area contributed by atoms with Crippen molar-refractivity contribution in [3.63, 3.8) is 0 Å². The molecule has 1 fully saturated rings. The predicted octanol–water partition coefficient (Wildman–Crippen LogP) is 2.82. The second-order valence-electron chi connectivity index (χ2n) is 7.16. The quantitative estimate of drug-likeness (QED) is 0.908. The predicted molar refractivity (Wildman–Crippen MR) is 102 cm³/mol. The van der Waals surface area contributed by atoms with Crippen molar-refractivity contribution in [1.29, 1.82) is 0 Å². The Kier molecular flexibility index (Phi) is 4.79. The second kappa shape index (κ2) is 7.39. The molecular formula is C21H23N3O3. The fourth-order valence-corrected chi connectivity index (χ4v) is 3.72. The van der Waals surface area contributed by atoms with Gasteiger partial charge >= 0.3 is 0 Å². The zero-order valence-corrected chi connectivity index (χ0v) is 15.4. The molecule has 1 saturated heterocycles. The van der Waals surface area contributed by atoms with E-state index in [1.807, 2.05) is 37.3 Å². The molecule has 1 aromatic carbocycles. The van der Waals surface area contributed by atoms with Crippen molar-refractivity contribution in [3.8, 4) is 5.75 Å². The number of carbonyl (C=O) groups excluding carboxylic acids is 2.